The van der Waals surface area contributed by atoms with E-state index < -0.39 is 16.1 Å². The molecule has 2 aromatic carbocycles. The molecule has 2 aromatic rings. The van der Waals surface area contributed by atoms with Gasteiger partial charge in [0.2, 0.25) is 21.8 Å². The molecule has 0 saturated carbocycles. The topological polar surface area (TPSA) is 86.8 Å². The number of amides is 2. The fraction of sp³-hybridized carbons (Fsp3) is 0.500. The molecule has 198 valence electrons. The molecule has 0 aromatic heterocycles. The van der Waals surface area contributed by atoms with Gasteiger partial charge >= 0.3 is 0 Å². The highest BCUT2D eigenvalue weighted by Gasteiger charge is 2.27. The molecule has 0 aliphatic rings. The molecule has 1 atom stereocenters. The molecule has 8 heteroatoms. The Kier molecular flexibility index (Phi) is 11.0. The molecular weight excluding hydrogens is 474 g/mol. The molecule has 0 unspecified atom stereocenters. The van der Waals surface area contributed by atoms with Crippen LogP contribution in [-0.4, -0.2) is 50.5 Å². The number of hydrogen-bond acceptors (Lipinski definition) is 4. The molecule has 0 radical (unpaired) electrons. The maximum absolute atomic E-state index is 13.4. The van der Waals surface area contributed by atoms with Crippen LogP contribution in [0.5, 0.6) is 0 Å². The molecule has 0 aliphatic carbocycles. The van der Waals surface area contributed by atoms with Crippen molar-refractivity contribution in [2.75, 3.05) is 23.7 Å². The Bertz CT molecular complexity index is 1150. The molecule has 36 heavy (non-hydrogen) atoms. The zero-order chi connectivity index (χ0) is 26.9. The lowest BCUT2D eigenvalue weighted by Gasteiger charge is -2.30. The van der Waals surface area contributed by atoms with Crippen molar-refractivity contribution >= 4 is 27.5 Å². The van der Waals surface area contributed by atoms with Gasteiger partial charge in [0.15, 0.2) is 0 Å². The van der Waals surface area contributed by atoms with E-state index in [0.29, 0.717) is 25.2 Å². The van der Waals surface area contributed by atoms with Crippen molar-refractivity contribution in [2.45, 2.75) is 72.9 Å². The maximum atomic E-state index is 13.4. The van der Waals surface area contributed by atoms with Gasteiger partial charge in [-0.05, 0) is 63.3 Å². The third-order valence-electron chi connectivity index (χ3n) is 6.43. The summed E-state index contributed by atoms with van der Waals surface area (Å²) in [7, 11) is -3.53. The van der Waals surface area contributed by atoms with Crippen molar-refractivity contribution in [3.63, 3.8) is 0 Å². The zero-order valence-corrected chi connectivity index (χ0v) is 23.3. The fourth-order valence-corrected chi connectivity index (χ4v) is 5.13. The van der Waals surface area contributed by atoms with Crippen LogP contribution < -0.4 is 9.62 Å². The standard InChI is InChI=1S/C28H41N3O4S/c1-7-8-17-29-28(33)24(5)30(20-25-14-9-12-21(2)19-25)27(32)16-11-18-31(36(6,34)35)26-15-10-13-22(3)23(26)4/h9-10,12-15,19,24H,7-8,11,16-18,20H2,1-6H3,(H,29,33)/t24-/m1/s1. The number of carbonyl (C=O) groups excluding carboxylic acids is 2. The minimum absolute atomic E-state index is 0.134. The predicted octanol–water partition coefficient (Wildman–Crippen LogP) is 4.49. The molecular formula is C28H41N3O4S. The molecule has 7 nitrogen and oxygen atoms in total. The van der Waals surface area contributed by atoms with Crippen LogP contribution in [0, 0.1) is 20.8 Å². The van der Waals surface area contributed by atoms with E-state index in [0.717, 1.165) is 35.1 Å². The van der Waals surface area contributed by atoms with Crippen molar-refractivity contribution < 1.29 is 18.0 Å². The number of nitrogens with one attached hydrogen (secondary N) is 1. The number of carbonyl (C=O) groups is 2. The number of benzene rings is 2. The van der Waals surface area contributed by atoms with Crippen LogP contribution in [0.15, 0.2) is 42.5 Å². The van der Waals surface area contributed by atoms with Gasteiger partial charge in [-0.1, -0.05) is 55.3 Å². The van der Waals surface area contributed by atoms with E-state index in [1.807, 2.05) is 57.2 Å². The molecule has 0 spiro atoms. The number of nitrogens with zero attached hydrogens (tertiary/aromatic N) is 2. The lowest BCUT2D eigenvalue weighted by Crippen LogP contribution is -2.48. The van der Waals surface area contributed by atoms with Gasteiger partial charge < -0.3 is 10.2 Å². The average Bonchev–Trinajstić information content (AvgIpc) is 2.81. The highest BCUT2D eigenvalue weighted by atomic mass is 32.2. The van der Waals surface area contributed by atoms with Gasteiger partial charge in [-0.25, -0.2) is 8.42 Å². The largest absolute Gasteiger partial charge is 0.354 e. The first-order valence-electron chi connectivity index (χ1n) is 12.6. The first-order valence-corrected chi connectivity index (χ1v) is 14.5. The molecule has 0 aliphatic heterocycles. The Morgan fingerprint density at radius 3 is 2.36 bits per heavy atom. The van der Waals surface area contributed by atoms with Gasteiger partial charge in [0.1, 0.15) is 6.04 Å². The Morgan fingerprint density at radius 1 is 1.03 bits per heavy atom. The van der Waals surface area contributed by atoms with Gasteiger partial charge in [0.25, 0.3) is 0 Å². The number of aryl methyl sites for hydroxylation is 2. The number of hydrogen-bond donors (Lipinski definition) is 1. The van der Waals surface area contributed by atoms with Crippen LogP contribution in [0.2, 0.25) is 0 Å². The number of sulfonamides is 1. The molecule has 0 heterocycles. The second-order valence-corrected chi connectivity index (χ2v) is 11.4. The smallest absolute Gasteiger partial charge is 0.242 e. The lowest BCUT2D eigenvalue weighted by molar-refractivity contribution is -0.140. The van der Waals surface area contributed by atoms with Gasteiger partial charge in [-0.3, -0.25) is 13.9 Å². The number of unbranched alkanes of at least 4 members (excludes halogenated alkanes) is 1. The Balaban J connectivity index is 2.18. The van der Waals surface area contributed by atoms with Crippen molar-refractivity contribution in [1.82, 2.24) is 10.2 Å². The monoisotopic (exact) mass is 515 g/mol. The molecule has 0 saturated heterocycles. The Morgan fingerprint density at radius 2 is 1.72 bits per heavy atom. The van der Waals surface area contributed by atoms with E-state index in [9.17, 15) is 18.0 Å². The summed E-state index contributed by atoms with van der Waals surface area (Å²) in [5.74, 6) is -0.360. The van der Waals surface area contributed by atoms with Crippen LogP contribution in [0.25, 0.3) is 0 Å². The summed E-state index contributed by atoms with van der Waals surface area (Å²) in [5.41, 5.74) is 4.56. The maximum Gasteiger partial charge on any atom is 0.242 e. The lowest BCUT2D eigenvalue weighted by atomic mass is 10.1. The van der Waals surface area contributed by atoms with Crippen LogP contribution in [0.4, 0.5) is 5.69 Å². The van der Waals surface area contributed by atoms with Crippen LogP contribution in [0.1, 0.15) is 61.8 Å². The predicted molar refractivity (Wildman–Crippen MR) is 146 cm³/mol. The van der Waals surface area contributed by atoms with Crippen molar-refractivity contribution in [3.8, 4) is 0 Å². The number of anilines is 1. The summed E-state index contributed by atoms with van der Waals surface area (Å²) >= 11 is 0. The van der Waals surface area contributed by atoms with E-state index in [1.165, 1.54) is 10.6 Å². The van der Waals surface area contributed by atoms with E-state index in [-0.39, 0.29) is 24.8 Å². The van der Waals surface area contributed by atoms with Crippen LogP contribution >= 0.6 is 0 Å². The quantitative estimate of drug-likeness (QED) is 0.398. The third kappa shape index (κ3) is 8.36. The average molecular weight is 516 g/mol. The summed E-state index contributed by atoms with van der Waals surface area (Å²) in [6.07, 6.45) is 3.51. The minimum Gasteiger partial charge on any atom is -0.354 e. The first kappa shape index (κ1) is 29.4. The highest BCUT2D eigenvalue weighted by molar-refractivity contribution is 7.92. The minimum atomic E-state index is -3.53. The van der Waals surface area contributed by atoms with Gasteiger partial charge in [0, 0.05) is 26.1 Å². The van der Waals surface area contributed by atoms with E-state index in [4.69, 9.17) is 0 Å². The van der Waals surface area contributed by atoms with Crippen molar-refractivity contribution in [3.05, 3.63) is 64.7 Å². The van der Waals surface area contributed by atoms with Crippen molar-refractivity contribution in [1.29, 1.82) is 0 Å². The summed E-state index contributed by atoms with van der Waals surface area (Å²) in [4.78, 5) is 27.8. The second-order valence-electron chi connectivity index (χ2n) is 9.49. The molecule has 2 rings (SSSR count). The molecule has 0 bridgehead atoms. The zero-order valence-electron chi connectivity index (χ0n) is 22.5. The summed E-state index contributed by atoms with van der Waals surface area (Å²) in [6, 6.07) is 12.8. The van der Waals surface area contributed by atoms with Gasteiger partial charge in [0.05, 0.1) is 11.9 Å². The molecule has 2 amide bonds. The number of rotatable bonds is 13. The second kappa shape index (κ2) is 13.4. The highest BCUT2D eigenvalue weighted by Crippen LogP contribution is 2.25. The summed E-state index contributed by atoms with van der Waals surface area (Å²) in [6.45, 7) is 10.7. The molecule has 1 N–H and O–H groups in total. The van der Waals surface area contributed by atoms with Gasteiger partial charge in [-0.2, -0.15) is 0 Å². The van der Waals surface area contributed by atoms with E-state index in [2.05, 4.69) is 12.2 Å². The summed E-state index contributed by atoms with van der Waals surface area (Å²) < 4.78 is 26.5. The van der Waals surface area contributed by atoms with Gasteiger partial charge in [-0.15, -0.1) is 0 Å². The summed E-state index contributed by atoms with van der Waals surface area (Å²) in [5, 5.41) is 2.92. The molecule has 0 fully saturated rings. The normalized spacial score (nSPS) is 12.2. The Hall–Kier alpha value is -2.87. The fourth-order valence-electron chi connectivity index (χ4n) is 4.11. The Labute approximate surface area is 216 Å². The third-order valence-corrected chi connectivity index (χ3v) is 7.61. The van der Waals surface area contributed by atoms with E-state index in [1.54, 1.807) is 17.9 Å². The first-order chi connectivity index (χ1) is 17.0. The van der Waals surface area contributed by atoms with Crippen molar-refractivity contribution in [2.24, 2.45) is 0 Å². The van der Waals surface area contributed by atoms with Crippen LogP contribution in [-0.2, 0) is 26.2 Å². The SMILES string of the molecule is CCCCNC(=O)[C@@H](C)N(Cc1cccc(C)c1)C(=O)CCCN(c1cccc(C)c1C)S(C)(=O)=O. The van der Waals surface area contributed by atoms with Crippen LogP contribution in [0.3, 0.4) is 0 Å². The van der Waals surface area contributed by atoms with E-state index >= 15 is 0 Å².